The molecule has 0 rings (SSSR count). The molecule has 5 nitrogen and oxygen atoms in total. The van der Waals surface area contributed by atoms with Crippen molar-refractivity contribution in [2.75, 3.05) is 6.54 Å². The Kier molecular flexibility index (Phi) is 36.3. The minimum absolute atomic E-state index is 0.0499. The highest BCUT2D eigenvalue weighted by molar-refractivity contribution is 5.68. The summed E-state index contributed by atoms with van der Waals surface area (Å²) in [6, 6.07) is 0. The van der Waals surface area contributed by atoms with E-state index in [1.54, 1.807) is 0 Å². The lowest BCUT2D eigenvalue weighted by Gasteiger charge is -2.18. The van der Waals surface area contributed by atoms with Gasteiger partial charge in [0.15, 0.2) is 0 Å². The molecule has 0 aromatic carbocycles. The SMILES string of the molecule is CCCCC/C=C\C/C=C\CCCCCCCCC(CCCCCCCC/C=C\C/C=C\CCCCC)OC(=O)NCCCC(=O)O. The number of carboxylic acid groups (broad SMARTS) is 1. The van der Waals surface area contributed by atoms with Crippen LogP contribution in [0.3, 0.4) is 0 Å². The van der Waals surface area contributed by atoms with E-state index in [0.29, 0.717) is 13.0 Å². The Morgan fingerprint density at radius 1 is 0.532 bits per heavy atom. The van der Waals surface area contributed by atoms with Gasteiger partial charge in [-0.2, -0.15) is 0 Å². The second-order valence-electron chi connectivity index (χ2n) is 13.2. The predicted molar refractivity (Wildman–Crippen MR) is 203 cm³/mol. The fraction of sp³-hybridized carbons (Fsp3) is 0.762. The number of alkyl carbamates (subject to hydrolysis) is 1. The summed E-state index contributed by atoms with van der Waals surface area (Å²) in [6.45, 7) is 4.84. The highest BCUT2D eigenvalue weighted by atomic mass is 16.6. The van der Waals surface area contributed by atoms with Crippen LogP contribution in [0.4, 0.5) is 4.79 Å². The summed E-state index contributed by atoms with van der Waals surface area (Å²) in [6.07, 6.45) is 49.8. The molecule has 1 amide bonds. The number of carboxylic acids is 1. The van der Waals surface area contributed by atoms with E-state index in [-0.39, 0.29) is 12.5 Å². The summed E-state index contributed by atoms with van der Waals surface area (Å²) in [5, 5.41) is 11.5. The van der Waals surface area contributed by atoms with Gasteiger partial charge in [-0.05, 0) is 96.3 Å². The maximum absolute atomic E-state index is 12.3. The van der Waals surface area contributed by atoms with Crippen molar-refractivity contribution in [3.05, 3.63) is 48.6 Å². The third-order valence-electron chi connectivity index (χ3n) is 8.56. The van der Waals surface area contributed by atoms with Crippen molar-refractivity contribution in [1.82, 2.24) is 5.32 Å². The molecule has 47 heavy (non-hydrogen) atoms. The van der Waals surface area contributed by atoms with Gasteiger partial charge in [0.2, 0.25) is 0 Å². The Morgan fingerprint density at radius 2 is 0.915 bits per heavy atom. The smallest absolute Gasteiger partial charge is 0.407 e. The van der Waals surface area contributed by atoms with Gasteiger partial charge in [-0.1, -0.05) is 140 Å². The fourth-order valence-electron chi connectivity index (χ4n) is 5.61. The zero-order chi connectivity index (χ0) is 34.3. The molecule has 0 atom stereocenters. The lowest BCUT2D eigenvalue weighted by atomic mass is 10.0. The van der Waals surface area contributed by atoms with E-state index in [9.17, 15) is 9.59 Å². The molecule has 0 radical (unpaired) electrons. The quantitative estimate of drug-likeness (QED) is 0.0525. The van der Waals surface area contributed by atoms with Crippen LogP contribution in [0.25, 0.3) is 0 Å². The first-order valence-electron chi connectivity index (χ1n) is 19.9. The van der Waals surface area contributed by atoms with Gasteiger partial charge < -0.3 is 15.2 Å². The van der Waals surface area contributed by atoms with Gasteiger partial charge in [-0.25, -0.2) is 4.79 Å². The van der Waals surface area contributed by atoms with Crippen LogP contribution in [0.2, 0.25) is 0 Å². The summed E-state index contributed by atoms with van der Waals surface area (Å²) in [4.78, 5) is 23.1. The van der Waals surface area contributed by atoms with Crippen LogP contribution < -0.4 is 5.32 Å². The van der Waals surface area contributed by atoms with Crippen LogP contribution in [0.5, 0.6) is 0 Å². The molecule has 0 saturated heterocycles. The van der Waals surface area contributed by atoms with Crippen LogP contribution in [-0.4, -0.2) is 29.8 Å². The molecule has 0 fully saturated rings. The third kappa shape index (κ3) is 38.0. The summed E-state index contributed by atoms with van der Waals surface area (Å²) < 4.78 is 5.78. The van der Waals surface area contributed by atoms with Gasteiger partial charge in [0.05, 0.1) is 0 Å². The second kappa shape index (κ2) is 38.2. The lowest BCUT2D eigenvalue weighted by molar-refractivity contribution is -0.137. The van der Waals surface area contributed by atoms with Crippen molar-refractivity contribution < 1.29 is 19.4 Å². The molecule has 0 saturated carbocycles. The first-order valence-corrected chi connectivity index (χ1v) is 19.9. The topological polar surface area (TPSA) is 75.6 Å². The molecule has 0 aromatic rings. The number of hydrogen-bond donors (Lipinski definition) is 2. The predicted octanol–water partition coefficient (Wildman–Crippen LogP) is 13.4. The first-order chi connectivity index (χ1) is 23.1. The normalized spacial score (nSPS) is 12.1. The molecule has 272 valence electrons. The zero-order valence-electron chi connectivity index (χ0n) is 30.9. The highest BCUT2D eigenvalue weighted by Gasteiger charge is 2.14. The molecule has 0 aromatic heterocycles. The van der Waals surface area contributed by atoms with Crippen molar-refractivity contribution in [1.29, 1.82) is 0 Å². The number of carbonyl (C=O) groups is 2. The average molecular weight is 658 g/mol. The highest BCUT2D eigenvalue weighted by Crippen LogP contribution is 2.18. The van der Waals surface area contributed by atoms with Gasteiger partial charge in [0.25, 0.3) is 0 Å². The molecule has 0 spiro atoms. The number of carbonyl (C=O) groups excluding carboxylic acids is 1. The monoisotopic (exact) mass is 658 g/mol. The van der Waals surface area contributed by atoms with E-state index < -0.39 is 12.1 Å². The molecular formula is C42H75NO4. The van der Waals surface area contributed by atoms with E-state index in [1.165, 1.54) is 128 Å². The number of amides is 1. The third-order valence-corrected chi connectivity index (χ3v) is 8.56. The minimum atomic E-state index is -0.840. The van der Waals surface area contributed by atoms with Crippen LogP contribution in [0, 0.1) is 0 Å². The number of ether oxygens (including phenoxy) is 1. The summed E-state index contributed by atoms with van der Waals surface area (Å²) in [5.74, 6) is -0.840. The Hall–Kier alpha value is -2.30. The number of unbranched alkanes of at least 4 members (excludes halogenated alkanes) is 18. The zero-order valence-corrected chi connectivity index (χ0v) is 30.9. The molecule has 5 heteroatoms. The van der Waals surface area contributed by atoms with E-state index in [4.69, 9.17) is 9.84 Å². The van der Waals surface area contributed by atoms with Gasteiger partial charge in [-0.15, -0.1) is 0 Å². The maximum Gasteiger partial charge on any atom is 0.407 e. The van der Waals surface area contributed by atoms with Gasteiger partial charge in [0.1, 0.15) is 6.10 Å². The standard InChI is InChI=1S/C42H75NO4/c1-3-5-7-9-11-13-15-17-19-21-23-25-27-29-31-33-36-40(47-42(46)43-39-35-38-41(44)45)37-34-32-30-28-26-24-22-20-18-16-14-12-10-8-6-4-2/h11-14,17-20,40H,3-10,15-16,21-39H2,1-2H3,(H,43,46)(H,44,45)/b13-11-,14-12-,19-17-,20-18-. The van der Waals surface area contributed by atoms with Crippen molar-refractivity contribution in [2.45, 2.75) is 200 Å². The molecule has 0 bridgehead atoms. The van der Waals surface area contributed by atoms with Crippen molar-refractivity contribution in [3.8, 4) is 0 Å². The van der Waals surface area contributed by atoms with Crippen LogP contribution in [-0.2, 0) is 9.53 Å². The second-order valence-corrected chi connectivity index (χ2v) is 13.2. The van der Waals surface area contributed by atoms with E-state index in [2.05, 4.69) is 67.8 Å². The van der Waals surface area contributed by atoms with Gasteiger partial charge in [-0.3, -0.25) is 4.79 Å². The summed E-state index contributed by atoms with van der Waals surface area (Å²) >= 11 is 0. The summed E-state index contributed by atoms with van der Waals surface area (Å²) in [7, 11) is 0. The molecule has 0 aliphatic rings. The Labute approximate surface area is 291 Å². The molecule has 0 unspecified atom stereocenters. The van der Waals surface area contributed by atoms with E-state index >= 15 is 0 Å². The molecule has 0 heterocycles. The molecular weight excluding hydrogens is 582 g/mol. The minimum Gasteiger partial charge on any atom is -0.481 e. The van der Waals surface area contributed by atoms with Crippen LogP contribution in [0.15, 0.2) is 48.6 Å². The average Bonchev–Trinajstić information content (AvgIpc) is 3.06. The lowest BCUT2D eigenvalue weighted by Crippen LogP contribution is -2.30. The number of nitrogens with one attached hydrogen (secondary N) is 1. The van der Waals surface area contributed by atoms with E-state index in [0.717, 1.165) is 38.5 Å². The Bertz CT molecular complexity index is 752. The first kappa shape index (κ1) is 44.7. The largest absolute Gasteiger partial charge is 0.481 e. The van der Waals surface area contributed by atoms with Crippen LogP contribution in [0.1, 0.15) is 194 Å². The number of aliphatic carboxylic acids is 1. The number of allylic oxidation sites excluding steroid dienone is 8. The summed E-state index contributed by atoms with van der Waals surface area (Å²) in [5.41, 5.74) is 0. The van der Waals surface area contributed by atoms with Crippen molar-refractivity contribution in [3.63, 3.8) is 0 Å². The van der Waals surface area contributed by atoms with Gasteiger partial charge >= 0.3 is 12.1 Å². The fourth-order valence-corrected chi connectivity index (χ4v) is 5.61. The molecule has 2 N–H and O–H groups in total. The van der Waals surface area contributed by atoms with E-state index in [1.807, 2.05) is 0 Å². The maximum atomic E-state index is 12.3. The van der Waals surface area contributed by atoms with Gasteiger partial charge in [0, 0.05) is 13.0 Å². The number of rotatable bonds is 35. The van der Waals surface area contributed by atoms with Crippen LogP contribution >= 0.6 is 0 Å². The Balaban J connectivity index is 4.06. The Morgan fingerprint density at radius 3 is 1.32 bits per heavy atom. The number of hydrogen-bond acceptors (Lipinski definition) is 3. The molecule has 0 aliphatic carbocycles. The van der Waals surface area contributed by atoms with Crippen molar-refractivity contribution in [2.24, 2.45) is 0 Å². The molecule has 0 aliphatic heterocycles. The van der Waals surface area contributed by atoms with Crippen molar-refractivity contribution >= 4 is 12.1 Å².